The molecule has 0 saturated heterocycles. The standard InChI is InChI=1S/C30H24N4/c1-33-27-9-5-3-7-25(27)31-29(33)23-17-13-21(14-18-23)11-12-22-15-19-24(20-16-22)30-32-26-8-4-6-10-28(26)34(30)2/h3-20H,1-2H3/b12-11+. The largest absolute Gasteiger partial charge is 0.327 e. The van der Waals surface area contributed by atoms with Crippen molar-refractivity contribution >= 4 is 34.2 Å². The van der Waals surface area contributed by atoms with Gasteiger partial charge in [-0.15, -0.1) is 0 Å². The fraction of sp³-hybridized carbons (Fsp3) is 0.0667. The minimum absolute atomic E-state index is 0.981. The van der Waals surface area contributed by atoms with Gasteiger partial charge < -0.3 is 9.13 Å². The SMILES string of the molecule is Cn1c(-c2ccc(/C=C/c3ccc(-c4nc5ccccc5n4C)cc3)cc2)nc2ccccc21. The van der Waals surface area contributed by atoms with Gasteiger partial charge in [-0.3, -0.25) is 0 Å². The second-order valence-electron chi connectivity index (χ2n) is 8.54. The third-order valence-electron chi connectivity index (χ3n) is 6.38. The number of hydrogen-bond donors (Lipinski definition) is 0. The van der Waals surface area contributed by atoms with Crippen molar-refractivity contribution in [1.29, 1.82) is 0 Å². The number of hydrogen-bond acceptors (Lipinski definition) is 2. The number of rotatable bonds is 4. The summed E-state index contributed by atoms with van der Waals surface area (Å²) >= 11 is 0. The van der Waals surface area contributed by atoms with Gasteiger partial charge in [0.15, 0.2) is 0 Å². The van der Waals surface area contributed by atoms with Gasteiger partial charge in [-0.1, -0.05) is 84.9 Å². The molecule has 0 bridgehead atoms. The highest BCUT2D eigenvalue weighted by molar-refractivity contribution is 5.82. The summed E-state index contributed by atoms with van der Waals surface area (Å²) in [6, 6.07) is 33.5. The molecule has 0 atom stereocenters. The van der Waals surface area contributed by atoms with Gasteiger partial charge in [0.05, 0.1) is 22.1 Å². The molecule has 0 spiro atoms. The van der Waals surface area contributed by atoms with Crippen molar-refractivity contribution in [2.75, 3.05) is 0 Å². The maximum absolute atomic E-state index is 4.80. The Kier molecular flexibility index (Phi) is 4.84. The van der Waals surface area contributed by atoms with Gasteiger partial charge in [0.25, 0.3) is 0 Å². The quantitative estimate of drug-likeness (QED) is 0.278. The van der Waals surface area contributed by atoms with E-state index < -0.39 is 0 Å². The molecule has 164 valence electrons. The molecule has 0 aliphatic heterocycles. The predicted octanol–water partition coefficient (Wildman–Crippen LogP) is 6.96. The summed E-state index contributed by atoms with van der Waals surface area (Å²) in [5.74, 6) is 1.96. The van der Waals surface area contributed by atoms with E-state index in [1.54, 1.807) is 0 Å². The molecule has 2 heterocycles. The van der Waals surface area contributed by atoms with Crippen molar-refractivity contribution in [1.82, 2.24) is 19.1 Å². The topological polar surface area (TPSA) is 35.6 Å². The minimum atomic E-state index is 0.981. The molecule has 0 N–H and O–H groups in total. The highest BCUT2D eigenvalue weighted by Crippen LogP contribution is 2.26. The van der Waals surface area contributed by atoms with Crippen molar-refractivity contribution in [3.8, 4) is 22.8 Å². The highest BCUT2D eigenvalue weighted by atomic mass is 15.1. The molecule has 6 aromatic rings. The average Bonchev–Trinajstić information content (AvgIpc) is 3.41. The number of imidazole rings is 2. The first kappa shape index (κ1) is 20.2. The van der Waals surface area contributed by atoms with E-state index in [4.69, 9.17) is 9.97 Å². The molecule has 0 amide bonds. The normalized spacial score (nSPS) is 11.7. The summed E-state index contributed by atoms with van der Waals surface area (Å²) in [7, 11) is 4.13. The van der Waals surface area contributed by atoms with E-state index >= 15 is 0 Å². The summed E-state index contributed by atoms with van der Waals surface area (Å²) < 4.78 is 4.29. The number of fused-ring (bicyclic) bond motifs is 2. The van der Waals surface area contributed by atoms with Crippen LogP contribution < -0.4 is 0 Å². The molecular formula is C30H24N4. The fourth-order valence-corrected chi connectivity index (χ4v) is 4.49. The minimum Gasteiger partial charge on any atom is -0.327 e. The lowest BCUT2D eigenvalue weighted by Gasteiger charge is -2.04. The molecular weight excluding hydrogens is 416 g/mol. The number of aromatic nitrogens is 4. The maximum Gasteiger partial charge on any atom is 0.140 e. The lowest BCUT2D eigenvalue weighted by atomic mass is 10.1. The van der Waals surface area contributed by atoms with Crippen LogP contribution in [0.2, 0.25) is 0 Å². The van der Waals surface area contributed by atoms with Gasteiger partial charge in [-0.2, -0.15) is 0 Å². The molecule has 0 saturated carbocycles. The molecule has 0 aliphatic carbocycles. The van der Waals surface area contributed by atoms with Crippen LogP contribution in [0.25, 0.3) is 57.0 Å². The molecule has 4 nitrogen and oxygen atoms in total. The summed E-state index contributed by atoms with van der Waals surface area (Å²) in [5.41, 5.74) is 8.86. The Hall–Kier alpha value is -4.44. The third kappa shape index (κ3) is 3.50. The Balaban J connectivity index is 1.22. The Morgan fingerprint density at radius 3 is 1.26 bits per heavy atom. The number of nitrogens with zero attached hydrogens (tertiary/aromatic N) is 4. The van der Waals surface area contributed by atoms with Crippen LogP contribution in [0, 0.1) is 0 Å². The Morgan fingerprint density at radius 2 is 0.882 bits per heavy atom. The summed E-state index contributed by atoms with van der Waals surface area (Å²) in [6.07, 6.45) is 4.28. The first-order chi connectivity index (χ1) is 16.7. The molecule has 0 unspecified atom stereocenters. The second-order valence-corrected chi connectivity index (χ2v) is 8.54. The molecule has 0 radical (unpaired) electrons. The van der Waals surface area contributed by atoms with Crippen LogP contribution in [0.5, 0.6) is 0 Å². The van der Waals surface area contributed by atoms with E-state index in [1.807, 2.05) is 24.3 Å². The van der Waals surface area contributed by atoms with Crippen molar-refractivity contribution < 1.29 is 0 Å². The fourth-order valence-electron chi connectivity index (χ4n) is 4.49. The van der Waals surface area contributed by atoms with Gasteiger partial charge >= 0.3 is 0 Å². The monoisotopic (exact) mass is 440 g/mol. The van der Waals surface area contributed by atoms with Crippen molar-refractivity contribution in [2.45, 2.75) is 0 Å². The van der Waals surface area contributed by atoms with Crippen LogP contribution in [0.1, 0.15) is 11.1 Å². The Bertz CT molecular complexity index is 1520. The molecule has 34 heavy (non-hydrogen) atoms. The molecule has 4 aromatic carbocycles. The van der Waals surface area contributed by atoms with E-state index in [-0.39, 0.29) is 0 Å². The van der Waals surface area contributed by atoms with Crippen LogP contribution in [0.4, 0.5) is 0 Å². The Morgan fingerprint density at radius 1 is 0.500 bits per heavy atom. The van der Waals surface area contributed by atoms with Crippen molar-refractivity contribution in [2.24, 2.45) is 14.1 Å². The third-order valence-corrected chi connectivity index (χ3v) is 6.38. The lowest BCUT2D eigenvalue weighted by molar-refractivity contribution is 0.959. The zero-order valence-electron chi connectivity index (χ0n) is 19.2. The van der Waals surface area contributed by atoms with E-state index in [0.717, 1.165) is 56.0 Å². The van der Waals surface area contributed by atoms with Gasteiger partial charge in [0.1, 0.15) is 11.6 Å². The van der Waals surface area contributed by atoms with E-state index in [9.17, 15) is 0 Å². The summed E-state index contributed by atoms with van der Waals surface area (Å²) in [5, 5.41) is 0. The first-order valence-electron chi connectivity index (χ1n) is 11.4. The van der Waals surface area contributed by atoms with Crippen molar-refractivity contribution in [3.63, 3.8) is 0 Å². The molecule has 6 rings (SSSR count). The van der Waals surface area contributed by atoms with Crippen LogP contribution in [0.15, 0.2) is 97.1 Å². The molecule has 0 fully saturated rings. The maximum atomic E-state index is 4.80. The summed E-state index contributed by atoms with van der Waals surface area (Å²) in [6.45, 7) is 0. The van der Waals surface area contributed by atoms with Gasteiger partial charge in [-0.25, -0.2) is 9.97 Å². The zero-order chi connectivity index (χ0) is 23.1. The van der Waals surface area contributed by atoms with Gasteiger partial charge in [0, 0.05) is 25.2 Å². The molecule has 4 heteroatoms. The smallest absolute Gasteiger partial charge is 0.140 e. The predicted molar refractivity (Wildman–Crippen MR) is 141 cm³/mol. The van der Waals surface area contributed by atoms with Crippen LogP contribution in [-0.4, -0.2) is 19.1 Å². The summed E-state index contributed by atoms with van der Waals surface area (Å²) in [4.78, 5) is 9.59. The number of benzene rings is 4. The molecule has 0 aliphatic rings. The Labute approximate surface area is 198 Å². The van der Waals surface area contributed by atoms with Crippen molar-refractivity contribution in [3.05, 3.63) is 108 Å². The van der Waals surface area contributed by atoms with E-state index in [1.165, 1.54) is 0 Å². The van der Waals surface area contributed by atoms with Crippen LogP contribution in [0.3, 0.4) is 0 Å². The first-order valence-corrected chi connectivity index (χ1v) is 11.4. The number of para-hydroxylation sites is 4. The number of aryl methyl sites for hydroxylation is 2. The van der Waals surface area contributed by atoms with Gasteiger partial charge in [-0.05, 0) is 35.4 Å². The zero-order valence-corrected chi connectivity index (χ0v) is 19.2. The highest BCUT2D eigenvalue weighted by Gasteiger charge is 2.10. The van der Waals surface area contributed by atoms with Gasteiger partial charge in [0.2, 0.25) is 0 Å². The van der Waals surface area contributed by atoms with Crippen LogP contribution >= 0.6 is 0 Å². The van der Waals surface area contributed by atoms with E-state index in [0.29, 0.717) is 0 Å². The lowest BCUT2D eigenvalue weighted by Crippen LogP contribution is -1.92. The average molecular weight is 441 g/mol. The second kappa shape index (κ2) is 8.16. The molecule has 2 aromatic heterocycles. The van der Waals surface area contributed by atoms with Crippen LogP contribution in [-0.2, 0) is 14.1 Å². The van der Waals surface area contributed by atoms with E-state index in [2.05, 4.69) is 108 Å².